The molecule has 100 valence electrons. The minimum atomic E-state index is -0.609. The Bertz CT molecular complexity index is 597. The summed E-state index contributed by atoms with van der Waals surface area (Å²) in [4.78, 5) is 16.1. The van der Waals surface area contributed by atoms with Crippen LogP contribution in [0.2, 0.25) is 0 Å². The standard InChI is InChI=1S/C13H12FNO3S/c1-3-17-13(16)11-7-15-12(18-11)9-5-4-8(19-2)6-10(9)14/h4-7H,3H2,1-2H3. The molecule has 0 aliphatic carbocycles. The minimum absolute atomic E-state index is 0.0369. The predicted molar refractivity (Wildman–Crippen MR) is 69.6 cm³/mol. The number of oxazole rings is 1. The summed E-state index contributed by atoms with van der Waals surface area (Å²) in [6, 6.07) is 4.73. The van der Waals surface area contributed by atoms with Crippen LogP contribution in [0.25, 0.3) is 11.5 Å². The van der Waals surface area contributed by atoms with Gasteiger partial charge in [0.05, 0.1) is 18.4 Å². The number of carbonyl (C=O) groups excluding carboxylic acids is 1. The van der Waals surface area contributed by atoms with E-state index in [4.69, 9.17) is 9.15 Å². The fourth-order valence-corrected chi connectivity index (χ4v) is 1.92. The monoisotopic (exact) mass is 281 g/mol. The zero-order chi connectivity index (χ0) is 13.8. The van der Waals surface area contributed by atoms with Crippen molar-refractivity contribution in [2.24, 2.45) is 0 Å². The van der Waals surface area contributed by atoms with E-state index >= 15 is 0 Å². The highest BCUT2D eigenvalue weighted by Crippen LogP contribution is 2.26. The van der Waals surface area contributed by atoms with Crippen molar-refractivity contribution < 1.29 is 18.3 Å². The van der Waals surface area contributed by atoms with Gasteiger partial charge >= 0.3 is 5.97 Å². The van der Waals surface area contributed by atoms with Crippen molar-refractivity contribution in [2.45, 2.75) is 11.8 Å². The van der Waals surface area contributed by atoms with Crippen molar-refractivity contribution in [1.29, 1.82) is 0 Å². The van der Waals surface area contributed by atoms with Gasteiger partial charge < -0.3 is 9.15 Å². The van der Waals surface area contributed by atoms with Crippen molar-refractivity contribution >= 4 is 17.7 Å². The van der Waals surface area contributed by atoms with Gasteiger partial charge in [-0.05, 0) is 31.4 Å². The number of carbonyl (C=O) groups is 1. The Balaban J connectivity index is 2.30. The lowest BCUT2D eigenvalue weighted by Crippen LogP contribution is -2.02. The van der Waals surface area contributed by atoms with Crippen molar-refractivity contribution in [2.75, 3.05) is 12.9 Å². The molecule has 0 amide bonds. The molecule has 4 nitrogen and oxygen atoms in total. The molecule has 0 radical (unpaired) electrons. The fraction of sp³-hybridized carbons (Fsp3) is 0.231. The Morgan fingerprint density at radius 3 is 2.95 bits per heavy atom. The summed E-state index contributed by atoms with van der Waals surface area (Å²) in [5.41, 5.74) is 0.216. The van der Waals surface area contributed by atoms with Gasteiger partial charge in [-0.1, -0.05) is 0 Å². The second-order valence-corrected chi connectivity index (χ2v) is 4.48. The van der Waals surface area contributed by atoms with Gasteiger partial charge in [0, 0.05) is 4.90 Å². The molecule has 0 saturated heterocycles. The van der Waals surface area contributed by atoms with Crippen LogP contribution in [0.15, 0.2) is 33.7 Å². The maximum Gasteiger partial charge on any atom is 0.375 e. The van der Waals surface area contributed by atoms with Gasteiger partial charge in [-0.3, -0.25) is 0 Å². The lowest BCUT2D eigenvalue weighted by Gasteiger charge is -2.01. The van der Waals surface area contributed by atoms with Gasteiger partial charge in [-0.25, -0.2) is 14.2 Å². The smallest absolute Gasteiger partial charge is 0.375 e. The number of aromatic nitrogens is 1. The van der Waals surface area contributed by atoms with Crippen LogP contribution in [0.1, 0.15) is 17.5 Å². The van der Waals surface area contributed by atoms with E-state index in [-0.39, 0.29) is 23.8 Å². The Kier molecular flexibility index (Phi) is 4.21. The summed E-state index contributed by atoms with van der Waals surface area (Å²) in [5, 5.41) is 0. The zero-order valence-electron chi connectivity index (χ0n) is 10.5. The summed E-state index contributed by atoms with van der Waals surface area (Å²) in [6.07, 6.45) is 3.09. The molecule has 0 bridgehead atoms. The zero-order valence-corrected chi connectivity index (χ0v) is 11.3. The Morgan fingerprint density at radius 2 is 2.32 bits per heavy atom. The highest BCUT2D eigenvalue weighted by molar-refractivity contribution is 7.98. The summed E-state index contributed by atoms with van der Waals surface area (Å²) in [7, 11) is 0. The molecule has 1 heterocycles. The van der Waals surface area contributed by atoms with Crippen LogP contribution in [-0.4, -0.2) is 23.8 Å². The van der Waals surface area contributed by atoms with E-state index in [2.05, 4.69) is 4.98 Å². The molecule has 1 aromatic heterocycles. The molecule has 1 aromatic carbocycles. The van der Waals surface area contributed by atoms with E-state index in [9.17, 15) is 9.18 Å². The molecule has 2 rings (SSSR count). The molecule has 0 aliphatic rings. The molecular weight excluding hydrogens is 269 g/mol. The van der Waals surface area contributed by atoms with E-state index in [0.717, 1.165) is 4.90 Å². The molecule has 0 saturated carbocycles. The molecule has 2 aromatic rings. The second-order valence-electron chi connectivity index (χ2n) is 3.60. The average molecular weight is 281 g/mol. The molecule has 0 N–H and O–H groups in total. The van der Waals surface area contributed by atoms with Gasteiger partial charge in [0.1, 0.15) is 5.82 Å². The Morgan fingerprint density at radius 1 is 1.53 bits per heavy atom. The highest BCUT2D eigenvalue weighted by atomic mass is 32.2. The van der Waals surface area contributed by atoms with Crippen molar-refractivity contribution in [1.82, 2.24) is 4.98 Å². The van der Waals surface area contributed by atoms with Crippen LogP contribution in [0, 0.1) is 5.82 Å². The number of rotatable bonds is 4. The molecule has 19 heavy (non-hydrogen) atoms. The van der Waals surface area contributed by atoms with Crippen molar-refractivity contribution in [3.05, 3.63) is 36.0 Å². The Hall–Kier alpha value is -1.82. The molecule has 0 fully saturated rings. The second kappa shape index (κ2) is 5.88. The first-order chi connectivity index (χ1) is 9.15. The molecule has 6 heteroatoms. The van der Waals surface area contributed by atoms with Crippen LogP contribution in [0.3, 0.4) is 0 Å². The summed E-state index contributed by atoms with van der Waals surface area (Å²) >= 11 is 1.44. The van der Waals surface area contributed by atoms with Crippen LogP contribution in [0.5, 0.6) is 0 Å². The highest BCUT2D eigenvalue weighted by Gasteiger charge is 2.16. The Labute approximate surface area is 114 Å². The summed E-state index contributed by atoms with van der Waals surface area (Å²) in [6.45, 7) is 1.93. The van der Waals surface area contributed by atoms with E-state index in [1.807, 2.05) is 6.26 Å². The molecule has 0 aliphatic heterocycles. The number of nitrogens with zero attached hydrogens (tertiary/aromatic N) is 1. The maximum atomic E-state index is 13.9. The van der Waals surface area contributed by atoms with Crippen molar-refractivity contribution in [3.8, 4) is 11.5 Å². The molecular formula is C13H12FNO3S. The topological polar surface area (TPSA) is 52.3 Å². The number of thioether (sulfide) groups is 1. The first-order valence-electron chi connectivity index (χ1n) is 5.62. The number of halogens is 1. The SMILES string of the molecule is CCOC(=O)c1cnc(-c2ccc(SC)cc2F)o1. The first-order valence-corrected chi connectivity index (χ1v) is 6.85. The molecule has 0 spiro atoms. The third-order valence-electron chi connectivity index (χ3n) is 2.39. The number of benzene rings is 1. The van der Waals surface area contributed by atoms with Gasteiger partial charge in [0.15, 0.2) is 0 Å². The van der Waals surface area contributed by atoms with E-state index in [1.165, 1.54) is 24.0 Å². The number of hydrogen-bond donors (Lipinski definition) is 0. The van der Waals surface area contributed by atoms with Gasteiger partial charge in [0.25, 0.3) is 0 Å². The quantitative estimate of drug-likeness (QED) is 0.635. The predicted octanol–water partition coefficient (Wildman–Crippen LogP) is 3.38. The number of esters is 1. The van der Waals surface area contributed by atoms with Crippen LogP contribution in [0.4, 0.5) is 4.39 Å². The number of ether oxygens (including phenoxy) is 1. The molecule has 0 unspecified atom stereocenters. The summed E-state index contributed by atoms with van der Waals surface area (Å²) in [5.74, 6) is -1.02. The largest absolute Gasteiger partial charge is 0.460 e. The summed E-state index contributed by atoms with van der Waals surface area (Å²) < 4.78 is 23.8. The number of hydrogen-bond acceptors (Lipinski definition) is 5. The van der Waals surface area contributed by atoms with Gasteiger partial charge in [-0.2, -0.15) is 0 Å². The third kappa shape index (κ3) is 2.96. The van der Waals surface area contributed by atoms with Gasteiger partial charge in [0.2, 0.25) is 11.7 Å². The lowest BCUT2D eigenvalue weighted by atomic mass is 10.2. The lowest BCUT2D eigenvalue weighted by molar-refractivity contribution is 0.0491. The minimum Gasteiger partial charge on any atom is -0.460 e. The maximum absolute atomic E-state index is 13.9. The van der Waals surface area contributed by atoms with E-state index in [1.54, 1.807) is 19.1 Å². The van der Waals surface area contributed by atoms with Crippen LogP contribution < -0.4 is 0 Å². The molecule has 0 atom stereocenters. The average Bonchev–Trinajstić information content (AvgIpc) is 2.88. The first kappa shape index (κ1) is 13.6. The fourth-order valence-electron chi connectivity index (χ4n) is 1.49. The van der Waals surface area contributed by atoms with Crippen LogP contribution >= 0.6 is 11.8 Å². The van der Waals surface area contributed by atoms with Gasteiger partial charge in [-0.15, -0.1) is 11.8 Å². The normalized spacial score (nSPS) is 10.5. The van der Waals surface area contributed by atoms with Crippen molar-refractivity contribution in [3.63, 3.8) is 0 Å². The third-order valence-corrected chi connectivity index (χ3v) is 3.11. The van der Waals surface area contributed by atoms with Crippen LogP contribution in [-0.2, 0) is 4.74 Å². The van der Waals surface area contributed by atoms with E-state index < -0.39 is 11.8 Å². The van der Waals surface area contributed by atoms with E-state index in [0.29, 0.717) is 0 Å².